The lowest BCUT2D eigenvalue weighted by Gasteiger charge is -2.36. The molecule has 0 saturated carbocycles. The molecule has 9 heteroatoms. The van der Waals surface area contributed by atoms with Crippen LogP contribution in [0.2, 0.25) is 0 Å². The van der Waals surface area contributed by atoms with Gasteiger partial charge in [0.05, 0.1) is 11.5 Å². The third-order valence-corrected chi connectivity index (χ3v) is 5.04. The van der Waals surface area contributed by atoms with Crippen molar-refractivity contribution in [2.45, 2.75) is 12.1 Å². The maximum absolute atomic E-state index is 12.9. The van der Waals surface area contributed by atoms with Crippen LogP contribution in [-0.4, -0.2) is 34.0 Å². The first-order chi connectivity index (χ1) is 14.4. The van der Waals surface area contributed by atoms with Crippen LogP contribution >= 0.6 is 0 Å². The van der Waals surface area contributed by atoms with Crippen LogP contribution in [0.1, 0.15) is 27.9 Å². The molecule has 3 heterocycles. The molecule has 2 aromatic carbocycles. The van der Waals surface area contributed by atoms with Gasteiger partial charge < -0.3 is 13.8 Å². The van der Waals surface area contributed by atoms with Gasteiger partial charge in [0.25, 0.3) is 5.91 Å². The number of alkyl halides is 3. The first-order valence-electron chi connectivity index (χ1n) is 9.17. The monoisotopic (exact) mass is 413 g/mol. The van der Waals surface area contributed by atoms with E-state index in [1.54, 1.807) is 17.0 Å². The average Bonchev–Trinajstić information content (AvgIpc) is 3.33. The van der Waals surface area contributed by atoms with Gasteiger partial charge in [-0.05, 0) is 24.3 Å². The number of aromatic nitrogens is 2. The van der Waals surface area contributed by atoms with E-state index < -0.39 is 11.7 Å². The summed E-state index contributed by atoms with van der Waals surface area (Å²) in [5.41, 5.74) is 0.0764. The highest BCUT2D eigenvalue weighted by molar-refractivity contribution is 5.96. The molecule has 0 spiro atoms. The van der Waals surface area contributed by atoms with E-state index in [-0.39, 0.29) is 34.9 Å². The molecule has 152 valence electrons. The molecular formula is C21H14F3N3O3. The lowest BCUT2D eigenvalue weighted by molar-refractivity contribution is -0.137. The van der Waals surface area contributed by atoms with E-state index in [2.05, 4.69) is 10.1 Å². The number of hydrogen-bond donors (Lipinski definition) is 0. The molecule has 2 aromatic heterocycles. The molecule has 1 aliphatic heterocycles. The second-order valence-corrected chi connectivity index (χ2v) is 7.09. The number of para-hydroxylation sites is 1. The van der Waals surface area contributed by atoms with E-state index in [4.69, 9.17) is 8.94 Å². The quantitative estimate of drug-likeness (QED) is 0.485. The standard InChI is InChI=1S/C21H14F3N3O3/c22-21(23,24)15-6-3-5-13(8-15)18-25-19(30-26-18)14-10-27(11-14)20(28)17-9-12-4-1-2-7-16(12)29-17/h1-9,14H,10-11H2. The van der Waals surface area contributed by atoms with Gasteiger partial charge in [-0.15, -0.1) is 0 Å². The molecule has 0 radical (unpaired) electrons. The second kappa shape index (κ2) is 6.72. The van der Waals surface area contributed by atoms with Gasteiger partial charge in [0.15, 0.2) is 5.76 Å². The third kappa shape index (κ3) is 3.22. The van der Waals surface area contributed by atoms with E-state index in [0.29, 0.717) is 18.7 Å². The van der Waals surface area contributed by atoms with E-state index >= 15 is 0 Å². The highest BCUT2D eigenvalue weighted by Gasteiger charge is 2.37. The van der Waals surface area contributed by atoms with Crippen molar-refractivity contribution in [2.75, 3.05) is 13.1 Å². The van der Waals surface area contributed by atoms with Crippen LogP contribution in [-0.2, 0) is 6.18 Å². The topological polar surface area (TPSA) is 72.4 Å². The number of fused-ring (bicyclic) bond motifs is 1. The predicted octanol–water partition coefficient (Wildman–Crippen LogP) is 4.74. The number of likely N-dealkylation sites (tertiary alicyclic amines) is 1. The summed E-state index contributed by atoms with van der Waals surface area (Å²) < 4.78 is 49.5. The average molecular weight is 413 g/mol. The summed E-state index contributed by atoms with van der Waals surface area (Å²) in [4.78, 5) is 18.4. The van der Waals surface area contributed by atoms with E-state index in [1.165, 1.54) is 12.1 Å². The summed E-state index contributed by atoms with van der Waals surface area (Å²) >= 11 is 0. The summed E-state index contributed by atoms with van der Waals surface area (Å²) in [5.74, 6) is 0.213. The Balaban J connectivity index is 1.28. The molecule has 6 nitrogen and oxygen atoms in total. The first-order valence-corrected chi connectivity index (χ1v) is 9.17. The van der Waals surface area contributed by atoms with Gasteiger partial charge >= 0.3 is 6.18 Å². The molecule has 0 unspecified atom stereocenters. The fraction of sp³-hybridized carbons (Fsp3) is 0.190. The van der Waals surface area contributed by atoms with Crippen molar-refractivity contribution in [1.82, 2.24) is 15.0 Å². The van der Waals surface area contributed by atoms with Crippen LogP contribution in [0.4, 0.5) is 13.2 Å². The minimum absolute atomic E-state index is 0.0816. The highest BCUT2D eigenvalue weighted by atomic mass is 19.4. The van der Waals surface area contributed by atoms with Crippen molar-refractivity contribution in [2.24, 2.45) is 0 Å². The number of rotatable bonds is 3. The first kappa shape index (κ1) is 18.4. The van der Waals surface area contributed by atoms with Crippen molar-refractivity contribution >= 4 is 16.9 Å². The Morgan fingerprint density at radius 1 is 1.07 bits per heavy atom. The Morgan fingerprint density at radius 3 is 2.63 bits per heavy atom. The summed E-state index contributed by atoms with van der Waals surface area (Å²) in [6, 6.07) is 13.8. The lowest BCUT2D eigenvalue weighted by atomic mass is 9.99. The largest absolute Gasteiger partial charge is 0.451 e. The van der Waals surface area contributed by atoms with Gasteiger partial charge in [-0.2, -0.15) is 18.2 Å². The molecule has 0 aliphatic carbocycles. The molecular weight excluding hydrogens is 399 g/mol. The van der Waals surface area contributed by atoms with Gasteiger partial charge in [-0.1, -0.05) is 35.5 Å². The fourth-order valence-corrected chi connectivity index (χ4v) is 3.40. The molecule has 1 amide bonds. The van der Waals surface area contributed by atoms with Crippen molar-refractivity contribution in [3.63, 3.8) is 0 Å². The number of furan rings is 1. The second-order valence-electron chi connectivity index (χ2n) is 7.09. The Kier molecular flexibility index (Phi) is 4.12. The Bertz CT molecular complexity index is 1210. The van der Waals surface area contributed by atoms with E-state index in [1.807, 2.05) is 18.2 Å². The number of hydrogen-bond acceptors (Lipinski definition) is 5. The molecule has 30 heavy (non-hydrogen) atoms. The van der Waals surface area contributed by atoms with Gasteiger partial charge in [0, 0.05) is 24.0 Å². The SMILES string of the molecule is O=C(c1cc2ccccc2o1)N1CC(c2nc(-c3cccc(C(F)(F)F)c3)no2)C1. The zero-order chi connectivity index (χ0) is 20.9. The minimum Gasteiger partial charge on any atom is -0.451 e. The Morgan fingerprint density at radius 2 is 1.87 bits per heavy atom. The predicted molar refractivity (Wildman–Crippen MR) is 99.6 cm³/mol. The number of benzene rings is 2. The molecule has 1 aliphatic rings. The van der Waals surface area contributed by atoms with Gasteiger partial charge in [0.1, 0.15) is 5.58 Å². The van der Waals surface area contributed by atoms with Crippen molar-refractivity contribution in [3.8, 4) is 11.4 Å². The van der Waals surface area contributed by atoms with Crippen LogP contribution < -0.4 is 0 Å². The molecule has 0 atom stereocenters. The number of halogens is 3. The number of carbonyl (C=O) groups is 1. The summed E-state index contributed by atoms with van der Waals surface area (Å²) in [7, 11) is 0. The summed E-state index contributed by atoms with van der Waals surface area (Å²) in [6.07, 6.45) is -4.45. The summed E-state index contributed by atoms with van der Waals surface area (Å²) in [6.45, 7) is 0.722. The molecule has 4 aromatic rings. The molecule has 1 fully saturated rings. The van der Waals surface area contributed by atoms with Gasteiger partial charge in [0.2, 0.25) is 11.7 Å². The Hall–Kier alpha value is -3.62. The van der Waals surface area contributed by atoms with Gasteiger partial charge in [-0.3, -0.25) is 4.79 Å². The van der Waals surface area contributed by atoms with E-state index in [9.17, 15) is 18.0 Å². The smallest absolute Gasteiger partial charge is 0.416 e. The number of nitrogens with zero attached hydrogens (tertiary/aromatic N) is 3. The van der Waals surface area contributed by atoms with Crippen molar-refractivity contribution in [3.05, 3.63) is 71.8 Å². The van der Waals surface area contributed by atoms with Crippen LogP contribution in [0.5, 0.6) is 0 Å². The normalized spacial score (nSPS) is 14.8. The molecule has 1 saturated heterocycles. The lowest BCUT2D eigenvalue weighted by Crippen LogP contribution is -2.48. The van der Waals surface area contributed by atoms with Gasteiger partial charge in [-0.25, -0.2) is 0 Å². The van der Waals surface area contributed by atoms with Crippen LogP contribution in [0, 0.1) is 0 Å². The number of carbonyl (C=O) groups excluding carboxylic acids is 1. The fourth-order valence-electron chi connectivity index (χ4n) is 3.40. The van der Waals surface area contributed by atoms with Crippen LogP contribution in [0.3, 0.4) is 0 Å². The highest BCUT2D eigenvalue weighted by Crippen LogP contribution is 2.33. The third-order valence-electron chi connectivity index (χ3n) is 5.04. The maximum Gasteiger partial charge on any atom is 0.416 e. The minimum atomic E-state index is -4.45. The van der Waals surface area contributed by atoms with E-state index in [0.717, 1.165) is 17.5 Å². The Labute approximate surface area is 167 Å². The zero-order valence-electron chi connectivity index (χ0n) is 15.4. The van der Waals surface area contributed by atoms with Crippen LogP contribution in [0.25, 0.3) is 22.4 Å². The summed E-state index contributed by atoms with van der Waals surface area (Å²) in [5, 5.41) is 4.64. The number of amides is 1. The molecule has 0 N–H and O–H groups in total. The molecule has 5 rings (SSSR count). The van der Waals surface area contributed by atoms with Crippen LogP contribution in [0.15, 0.2) is 63.5 Å². The van der Waals surface area contributed by atoms with Crippen molar-refractivity contribution in [1.29, 1.82) is 0 Å². The van der Waals surface area contributed by atoms with Crippen molar-refractivity contribution < 1.29 is 26.9 Å². The molecule has 0 bridgehead atoms. The maximum atomic E-state index is 12.9. The zero-order valence-corrected chi connectivity index (χ0v) is 15.4.